The number of phenolic OH excluding ortho intramolecular Hbond substituents is 6. The zero-order valence-corrected chi connectivity index (χ0v) is 95.8. The minimum absolute atomic E-state index is 0. The Kier molecular flexibility index (Phi) is 37.9. The number of ether oxygens (including phenoxy) is 2. The van der Waals surface area contributed by atoms with Crippen LogP contribution >= 0.6 is 136 Å². The predicted molar refractivity (Wildman–Crippen MR) is 575 cm³/mol. The first kappa shape index (κ1) is 102. The third-order valence-electron chi connectivity index (χ3n) is 20.7. The number of nitrogens with zero attached hydrogens (tertiary/aromatic N) is 6. The summed E-state index contributed by atoms with van der Waals surface area (Å²) >= 11 is 20.8. The fourth-order valence-corrected chi connectivity index (χ4v) is 24.8. The van der Waals surface area contributed by atoms with Crippen molar-refractivity contribution in [2.45, 2.75) is 13.8 Å². The summed E-state index contributed by atoms with van der Waals surface area (Å²) in [6.45, 7) is 8.13. The van der Waals surface area contributed by atoms with E-state index in [1.165, 1.54) is 58.5 Å². The van der Waals surface area contributed by atoms with Gasteiger partial charge in [-0.1, -0.05) is 62.4 Å². The van der Waals surface area contributed by atoms with Crippen molar-refractivity contribution in [1.29, 1.82) is 0 Å². The van der Waals surface area contributed by atoms with Crippen molar-refractivity contribution in [1.82, 2.24) is 0 Å². The Morgan fingerprint density at radius 2 is 0.449 bits per heavy atom. The van der Waals surface area contributed by atoms with Gasteiger partial charge in [0, 0.05) is 259 Å². The van der Waals surface area contributed by atoms with E-state index in [1.807, 2.05) is 97.1 Å². The molecular formula is C107H86Cd3N6O8S12. The molecule has 0 unspecified atom stereocenters. The van der Waals surface area contributed by atoms with E-state index >= 15 is 0 Å². The van der Waals surface area contributed by atoms with Gasteiger partial charge >= 0.3 is 0 Å². The number of hydrogen-bond acceptors (Lipinski definition) is 26. The number of thiophene rings is 12. The van der Waals surface area contributed by atoms with Crippen LogP contribution < -0.4 is 0 Å². The summed E-state index contributed by atoms with van der Waals surface area (Å²) in [5.41, 5.74) is 11.4. The summed E-state index contributed by atoms with van der Waals surface area (Å²) in [5.74, 6) is 1.14. The van der Waals surface area contributed by atoms with Crippen LogP contribution in [0.5, 0.6) is 34.5 Å². The molecule has 7 aromatic carbocycles. The molecule has 12 heterocycles. The van der Waals surface area contributed by atoms with Crippen LogP contribution in [-0.2, 0) is 91.4 Å². The van der Waals surface area contributed by atoms with E-state index in [0.29, 0.717) is 97.4 Å². The van der Waals surface area contributed by atoms with E-state index in [1.54, 1.807) is 210 Å². The summed E-state index contributed by atoms with van der Waals surface area (Å²) < 4.78 is 11.3. The van der Waals surface area contributed by atoms with E-state index in [0.717, 1.165) is 62.6 Å². The first-order valence-electron chi connectivity index (χ1n) is 42.2. The van der Waals surface area contributed by atoms with Crippen LogP contribution in [-0.4, -0.2) is 121 Å². The zero-order valence-electron chi connectivity index (χ0n) is 73.8. The molecule has 29 heteroatoms. The molecular weight excluding hydrogens is 2220 g/mol. The van der Waals surface area contributed by atoms with Gasteiger partial charge in [-0.25, -0.2) is 0 Å². The van der Waals surface area contributed by atoms with Crippen molar-refractivity contribution in [2.24, 2.45) is 35.4 Å². The number of phenols is 6. The van der Waals surface area contributed by atoms with Crippen LogP contribution in [0.4, 0.5) is 11.4 Å². The van der Waals surface area contributed by atoms with Gasteiger partial charge in [0.15, 0.2) is 0 Å². The summed E-state index contributed by atoms with van der Waals surface area (Å²) in [4.78, 5) is 49.4. The first-order valence-corrected chi connectivity index (χ1v) is 52.4. The van der Waals surface area contributed by atoms with Crippen LogP contribution in [0.1, 0.15) is 47.2 Å². The molecule has 12 aromatic heterocycles. The van der Waals surface area contributed by atoms with E-state index < -0.39 is 0 Å². The van der Waals surface area contributed by atoms with Crippen molar-refractivity contribution in [3.63, 3.8) is 0 Å². The minimum atomic E-state index is -0.208. The molecule has 0 aliphatic carbocycles. The van der Waals surface area contributed by atoms with Gasteiger partial charge in [-0.3, -0.25) is 30.0 Å². The van der Waals surface area contributed by atoms with Crippen molar-refractivity contribution in [3.8, 4) is 156 Å². The molecule has 0 saturated heterocycles. The van der Waals surface area contributed by atoms with Crippen molar-refractivity contribution in [2.75, 3.05) is 52.6 Å². The summed E-state index contributed by atoms with van der Waals surface area (Å²) in [6.07, 6.45) is 10.2. The van der Waals surface area contributed by atoms with Crippen LogP contribution in [0.25, 0.3) is 121 Å². The second-order valence-corrected chi connectivity index (χ2v) is 43.1. The topological polar surface area (TPSA) is 214 Å². The maximum absolute atomic E-state index is 10.6. The van der Waals surface area contributed by atoms with Crippen molar-refractivity contribution in [3.05, 3.63) is 345 Å². The molecule has 0 fully saturated rings. The minimum Gasteiger partial charge on any atom is -0.507 e. The van der Waals surface area contributed by atoms with Gasteiger partial charge in [0.2, 0.25) is 0 Å². The molecule has 19 rings (SSSR count). The second-order valence-electron chi connectivity index (χ2n) is 30.9. The molecule has 19 aromatic rings. The normalized spacial score (nSPS) is 11.6. The number of aromatic hydroxyl groups is 6. The van der Waals surface area contributed by atoms with Crippen LogP contribution in [0.3, 0.4) is 0 Å². The molecule has 0 radical (unpaired) electrons. The molecule has 0 aliphatic rings. The Morgan fingerprint density at radius 1 is 0.235 bits per heavy atom. The van der Waals surface area contributed by atoms with Gasteiger partial charge in [-0.15, -0.1) is 136 Å². The number of benzene rings is 7. The molecule has 0 spiro atoms. The Morgan fingerprint density at radius 3 is 0.669 bits per heavy atom. The van der Waals surface area contributed by atoms with E-state index in [2.05, 4.69) is 212 Å². The Balaban J connectivity index is 0.000000162. The molecule has 0 aliphatic heterocycles. The molecule has 6 N–H and O–H groups in total. The molecule has 0 atom stereocenters. The summed E-state index contributed by atoms with van der Waals surface area (Å²) in [7, 11) is 0. The summed E-state index contributed by atoms with van der Waals surface area (Å²) in [5, 5.41) is 75.3. The van der Waals surface area contributed by atoms with Crippen molar-refractivity contribution >= 4 is 185 Å². The van der Waals surface area contributed by atoms with E-state index in [9.17, 15) is 30.6 Å². The maximum atomic E-state index is 10.6. The molecule has 136 heavy (non-hydrogen) atoms. The van der Waals surface area contributed by atoms with Gasteiger partial charge in [-0.2, -0.15) is 0 Å². The maximum Gasteiger partial charge on any atom is 0.124 e. The third kappa shape index (κ3) is 27.5. The predicted octanol–water partition coefficient (Wildman–Crippen LogP) is 31.7. The monoisotopic (exact) mass is 2310 g/mol. The largest absolute Gasteiger partial charge is 0.507 e. The van der Waals surface area contributed by atoms with Gasteiger partial charge < -0.3 is 40.1 Å². The van der Waals surface area contributed by atoms with Crippen molar-refractivity contribution < 1.29 is 122 Å². The average molecular weight is 2310 g/mol. The Labute approximate surface area is 898 Å². The first-order chi connectivity index (χ1) is 65.1. The van der Waals surface area contributed by atoms with Gasteiger partial charge in [-0.05, 0) is 296 Å². The van der Waals surface area contributed by atoms with Crippen LogP contribution in [0.2, 0.25) is 0 Å². The second kappa shape index (κ2) is 50.3. The Bertz CT molecular complexity index is 6820. The molecule has 670 valence electrons. The summed E-state index contributed by atoms with van der Waals surface area (Å²) in [6, 6.07) is 92.0. The number of rotatable bonds is 33. The molecule has 14 nitrogen and oxygen atoms in total. The van der Waals surface area contributed by atoms with E-state index in [-0.39, 0.29) is 122 Å². The zero-order chi connectivity index (χ0) is 91.3. The van der Waals surface area contributed by atoms with Gasteiger partial charge in [0.05, 0.1) is 50.9 Å². The van der Waals surface area contributed by atoms with Crippen LogP contribution in [0, 0.1) is 5.41 Å². The Hall–Kier alpha value is -9.55. The fraction of sp³-hybridized carbons (Fsp3) is 0.103. The van der Waals surface area contributed by atoms with Gasteiger partial charge in [0.25, 0.3) is 0 Å². The number of hydrogen-bond donors (Lipinski definition) is 6. The molecule has 0 saturated carbocycles. The van der Waals surface area contributed by atoms with E-state index in [4.69, 9.17) is 19.5 Å². The third-order valence-corrected chi connectivity index (χ3v) is 33.9. The number of para-hydroxylation sites is 2. The average Bonchev–Trinajstić information content (AvgIpc) is 1.72. The van der Waals surface area contributed by atoms with Gasteiger partial charge in [0.1, 0.15) is 34.5 Å². The smallest absolute Gasteiger partial charge is 0.124 e. The quantitative estimate of drug-likeness (QED) is 0.0132. The van der Waals surface area contributed by atoms with Crippen LogP contribution in [0.15, 0.2) is 341 Å². The SMILES string of the molecule is CC(C)(CN=Cc1cc(-c2ccc(-c3cccs3)s2)ccc1O)CN=Cc1cc(-c2ccc(-c3cccs3)s2)ccc1O.Oc1ccc(-c2ccc(-c3cccs3)s2)cc1C=NCCOCCOCCN=Cc1cc(-c2ccc(-c3cccs3)s2)ccc1O.Oc1ccc(-c2ccc(-c3cccs3)s2)cc1C=Nc1ccccc1N=Cc1cc(-c2ccc(-c3cccs3)s2)ccc1O.[Cd].[Cd].[Cd]. The molecule has 0 bridgehead atoms. The molecule has 0 amide bonds. The standard InChI is InChI=1S/C36H32N2O4S4.C36H24N2O2S4.C35H30N2O2S4.3Cd/c39-29-7-5-25(31-9-11-35(45-31)33-3-1-19-43-33)21-27(29)23-37-13-15-41-17-18-42-16-14-38-24-28-22-26(6-8-30(28)40)32-10-12-36(46-32)34-4-2-20-44-34;39-29-11-9-23(31-13-15-35(43-31)33-7-3-17-41-33)19-25(29)21-37-27-5-1-2-6-28(27)38-22-26-20-24(10-12-30(26)40)32-14-16-36(44-32)34-8-4-18-42-34;1-35(2,21-36-19-25-17-23(7-9-27(25)38)29-11-13-33(42-29)31-5-3-15-40-31)22-37-20-26-18-24(8-10-28(26)39)30-12-14-34(43-30)32-6-4-16-41-32;;;/h1-12,19-24,39-40H,13-18H2;1-22,39-40H;3-20,38-39H,21-22H2,1-2H3;;;. The fourth-order valence-electron chi connectivity index (χ4n) is 13.8. The number of aliphatic imine (C=N–C) groups is 6.